The van der Waals surface area contributed by atoms with Crippen molar-refractivity contribution in [2.24, 2.45) is 0 Å². The lowest BCUT2D eigenvalue weighted by molar-refractivity contribution is -0.163. The molecule has 2 N–H and O–H groups in total. The largest absolute Gasteiger partial charge is 0.385 e. The van der Waals surface area contributed by atoms with Crippen LogP contribution in [-0.4, -0.2) is 24.8 Å². The number of rotatable bonds is 3. The Morgan fingerprint density at radius 3 is 2.79 bits per heavy atom. The van der Waals surface area contributed by atoms with Gasteiger partial charge in [-0.3, -0.25) is 4.79 Å². The van der Waals surface area contributed by atoms with Gasteiger partial charge in [0.25, 0.3) is 0 Å². The summed E-state index contributed by atoms with van der Waals surface area (Å²) in [6, 6.07) is 4.54. The molecule has 0 spiro atoms. The second-order valence-corrected chi connectivity index (χ2v) is 4.28. The molecule has 1 heterocycles. The van der Waals surface area contributed by atoms with E-state index in [2.05, 4.69) is 5.32 Å². The fourth-order valence-electron chi connectivity index (χ4n) is 1.87. The monoisotopic (exact) mass is 276 g/mol. The first-order chi connectivity index (χ1) is 8.91. The Kier molecular flexibility index (Phi) is 3.64. The Labute approximate surface area is 107 Å². The number of aryl methyl sites for hydroxylation is 1. The highest BCUT2D eigenvalue weighted by Gasteiger charge is 2.48. The van der Waals surface area contributed by atoms with Gasteiger partial charge in [0.15, 0.2) is 0 Å². The molecule has 1 aromatic rings. The number of alkyl halides is 4. The van der Waals surface area contributed by atoms with Crippen LogP contribution in [0.2, 0.25) is 0 Å². The number of halogens is 4. The van der Waals surface area contributed by atoms with Crippen molar-refractivity contribution in [3.8, 4) is 0 Å². The molecular formula is C12H12F4N2O. The Bertz CT molecular complexity index is 491. The molecule has 1 aromatic carbocycles. The molecule has 1 aliphatic heterocycles. The Hall–Kier alpha value is -1.79. The minimum atomic E-state index is -4.69. The first kappa shape index (κ1) is 13.6. The van der Waals surface area contributed by atoms with Gasteiger partial charge >= 0.3 is 18.3 Å². The standard InChI is InChI=1S/C12H12F4N2O/c13-10(14)12(15,16)11(19)18-8-3-4-9-7(6-8)2-1-5-17-9/h3-4,6,10,17H,1-2,5H2,(H,18,19). The topological polar surface area (TPSA) is 41.1 Å². The molecule has 0 bridgehead atoms. The Morgan fingerprint density at radius 1 is 1.37 bits per heavy atom. The van der Waals surface area contributed by atoms with Crippen molar-refractivity contribution in [1.29, 1.82) is 0 Å². The fraction of sp³-hybridized carbons (Fsp3) is 0.417. The molecule has 19 heavy (non-hydrogen) atoms. The summed E-state index contributed by atoms with van der Waals surface area (Å²) in [4.78, 5) is 11.1. The second-order valence-electron chi connectivity index (χ2n) is 4.28. The summed E-state index contributed by atoms with van der Waals surface area (Å²) >= 11 is 0. The molecule has 0 aromatic heterocycles. The van der Waals surface area contributed by atoms with Crippen molar-refractivity contribution in [3.63, 3.8) is 0 Å². The molecule has 3 nitrogen and oxygen atoms in total. The normalized spacial score (nSPS) is 14.8. The highest BCUT2D eigenvalue weighted by molar-refractivity contribution is 5.96. The van der Waals surface area contributed by atoms with Crippen LogP contribution in [0.3, 0.4) is 0 Å². The fourth-order valence-corrected chi connectivity index (χ4v) is 1.87. The molecule has 1 amide bonds. The Balaban J connectivity index is 2.14. The molecule has 0 atom stereocenters. The zero-order chi connectivity index (χ0) is 14.0. The van der Waals surface area contributed by atoms with E-state index >= 15 is 0 Å². The molecule has 0 aliphatic carbocycles. The Morgan fingerprint density at radius 2 is 2.11 bits per heavy atom. The zero-order valence-electron chi connectivity index (χ0n) is 9.85. The highest BCUT2D eigenvalue weighted by atomic mass is 19.3. The molecule has 0 saturated carbocycles. The molecular weight excluding hydrogens is 264 g/mol. The highest BCUT2D eigenvalue weighted by Crippen LogP contribution is 2.28. The van der Waals surface area contributed by atoms with Crippen molar-refractivity contribution in [3.05, 3.63) is 23.8 Å². The van der Waals surface area contributed by atoms with E-state index in [4.69, 9.17) is 0 Å². The lowest BCUT2D eigenvalue weighted by Crippen LogP contribution is -2.41. The SMILES string of the molecule is O=C(Nc1ccc2c(c1)CCCN2)C(F)(F)C(F)F. The summed E-state index contributed by atoms with van der Waals surface area (Å²) in [5.41, 5.74) is 1.82. The van der Waals surface area contributed by atoms with Crippen LogP contribution in [0.5, 0.6) is 0 Å². The number of anilines is 2. The van der Waals surface area contributed by atoms with E-state index in [-0.39, 0.29) is 5.69 Å². The number of amides is 1. The van der Waals surface area contributed by atoms with Gasteiger partial charge in [-0.1, -0.05) is 0 Å². The lowest BCUT2D eigenvalue weighted by atomic mass is 10.0. The van der Waals surface area contributed by atoms with Crippen LogP contribution < -0.4 is 10.6 Å². The third-order valence-electron chi connectivity index (χ3n) is 2.88. The molecule has 0 radical (unpaired) electrons. The quantitative estimate of drug-likeness (QED) is 0.833. The van der Waals surface area contributed by atoms with Crippen LogP contribution in [0.1, 0.15) is 12.0 Å². The number of nitrogens with one attached hydrogen (secondary N) is 2. The predicted molar refractivity (Wildman–Crippen MR) is 62.8 cm³/mol. The van der Waals surface area contributed by atoms with Crippen LogP contribution in [0.15, 0.2) is 18.2 Å². The number of carbonyl (C=O) groups excluding carboxylic acids is 1. The maximum Gasteiger partial charge on any atom is 0.383 e. The smallest absolute Gasteiger partial charge is 0.383 e. The summed E-state index contributed by atoms with van der Waals surface area (Å²) in [6.07, 6.45) is -2.39. The number of fused-ring (bicyclic) bond motifs is 1. The van der Waals surface area contributed by atoms with E-state index in [1.54, 1.807) is 6.07 Å². The molecule has 0 unspecified atom stereocenters. The van der Waals surface area contributed by atoms with E-state index in [0.717, 1.165) is 30.6 Å². The molecule has 2 rings (SSSR count). The van der Waals surface area contributed by atoms with Crippen molar-refractivity contribution in [2.75, 3.05) is 17.2 Å². The lowest BCUT2D eigenvalue weighted by Gasteiger charge is -2.20. The number of carbonyl (C=O) groups is 1. The third-order valence-corrected chi connectivity index (χ3v) is 2.88. The van der Waals surface area contributed by atoms with Crippen LogP contribution in [0.4, 0.5) is 28.9 Å². The van der Waals surface area contributed by atoms with Crippen LogP contribution in [-0.2, 0) is 11.2 Å². The third kappa shape index (κ3) is 2.80. The van der Waals surface area contributed by atoms with Gasteiger partial charge in [-0.25, -0.2) is 8.78 Å². The van der Waals surface area contributed by atoms with Crippen molar-refractivity contribution in [1.82, 2.24) is 0 Å². The maximum atomic E-state index is 12.8. The van der Waals surface area contributed by atoms with Gasteiger partial charge in [0.1, 0.15) is 0 Å². The van der Waals surface area contributed by atoms with Gasteiger partial charge in [-0.2, -0.15) is 8.78 Å². The summed E-state index contributed by atoms with van der Waals surface area (Å²) in [5, 5.41) is 4.93. The minimum Gasteiger partial charge on any atom is -0.385 e. The summed E-state index contributed by atoms with van der Waals surface area (Å²) in [7, 11) is 0. The van der Waals surface area contributed by atoms with E-state index in [1.165, 1.54) is 12.1 Å². The zero-order valence-corrected chi connectivity index (χ0v) is 9.85. The van der Waals surface area contributed by atoms with Gasteiger partial charge in [-0.15, -0.1) is 0 Å². The van der Waals surface area contributed by atoms with E-state index in [1.807, 2.05) is 5.32 Å². The summed E-state index contributed by atoms with van der Waals surface area (Å²) < 4.78 is 49.6. The van der Waals surface area contributed by atoms with Crippen molar-refractivity contribution < 1.29 is 22.4 Å². The van der Waals surface area contributed by atoms with Gasteiger partial charge in [-0.05, 0) is 36.6 Å². The average molecular weight is 276 g/mol. The first-order valence-corrected chi connectivity index (χ1v) is 5.75. The molecule has 1 aliphatic rings. The molecule has 7 heteroatoms. The summed E-state index contributed by atoms with van der Waals surface area (Å²) in [6.45, 7) is 0.822. The van der Waals surface area contributed by atoms with E-state index < -0.39 is 18.3 Å². The van der Waals surface area contributed by atoms with Crippen LogP contribution >= 0.6 is 0 Å². The average Bonchev–Trinajstić information content (AvgIpc) is 2.38. The van der Waals surface area contributed by atoms with Gasteiger partial charge in [0, 0.05) is 17.9 Å². The number of benzene rings is 1. The second kappa shape index (κ2) is 5.07. The minimum absolute atomic E-state index is 0.0905. The maximum absolute atomic E-state index is 12.8. The van der Waals surface area contributed by atoms with Crippen LogP contribution in [0.25, 0.3) is 0 Å². The predicted octanol–water partition coefficient (Wildman–Crippen LogP) is 2.88. The van der Waals surface area contributed by atoms with Crippen LogP contribution in [0, 0.1) is 0 Å². The van der Waals surface area contributed by atoms with Gasteiger partial charge < -0.3 is 10.6 Å². The summed E-state index contributed by atoms with van der Waals surface area (Å²) in [5.74, 6) is -6.68. The molecule has 0 saturated heterocycles. The van der Waals surface area contributed by atoms with E-state index in [9.17, 15) is 22.4 Å². The van der Waals surface area contributed by atoms with Gasteiger partial charge in [0.05, 0.1) is 0 Å². The van der Waals surface area contributed by atoms with Crippen molar-refractivity contribution >= 4 is 17.3 Å². The molecule has 104 valence electrons. The first-order valence-electron chi connectivity index (χ1n) is 5.75. The van der Waals surface area contributed by atoms with E-state index in [0.29, 0.717) is 0 Å². The number of hydrogen-bond acceptors (Lipinski definition) is 2. The van der Waals surface area contributed by atoms with Crippen molar-refractivity contribution in [2.45, 2.75) is 25.2 Å². The van der Waals surface area contributed by atoms with Gasteiger partial charge in [0.2, 0.25) is 0 Å². The molecule has 0 fully saturated rings. The number of hydrogen-bond donors (Lipinski definition) is 2.